The second-order valence-electron chi connectivity index (χ2n) is 6.52. The van der Waals surface area contributed by atoms with Crippen LogP contribution in [-0.2, 0) is 0 Å². The molecule has 0 atom stereocenters. The van der Waals surface area contributed by atoms with Crippen LogP contribution in [0.4, 0.5) is 11.8 Å². The fourth-order valence-electron chi connectivity index (χ4n) is 3.45. The zero-order valence-corrected chi connectivity index (χ0v) is 12.9. The summed E-state index contributed by atoms with van der Waals surface area (Å²) in [5.41, 5.74) is 3.87. The predicted octanol–water partition coefficient (Wildman–Crippen LogP) is 3.09. The Balaban J connectivity index is 2.04. The van der Waals surface area contributed by atoms with Gasteiger partial charge in [-0.15, -0.1) is 0 Å². The summed E-state index contributed by atoms with van der Waals surface area (Å²) in [6.07, 6.45) is 6.64. The molecule has 5 nitrogen and oxygen atoms in total. The average Bonchev–Trinajstić information content (AvgIpc) is 2.84. The third-order valence-electron chi connectivity index (χ3n) is 4.13. The number of hydrazine groups is 1. The normalized spacial score (nSPS) is 17.4. The van der Waals surface area contributed by atoms with E-state index in [1.54, 1.807) is 0 Å². The van der Waals surface area contributed by atoms with Crippen molar-refractivity contribution < 1.29 is 0 Å². The van der Waals surface area contributed by atoms with Crippen molar-refractivity contribution in [2.45, 2.75) is 52.9 Å². The highest BCUT2D eigenvalue weighted by Gasteiger charge is 2.34. The first kappa shape index (κ1) is 15.0. The number of nitrogens with zero attached hydrogens (tertiary/aromatic N) is 2. The van der Waals surface area contributed by atoms with E-state index in [1.807, 2.05) is 13.0 Å². The third kappa shape index (κ3) is 3.82. The number of hydrogen-bond acceptors (Lipinski definition) is 5. The quantitative estimate of drug-likeness (QED) is 0.550. The van der Waals surface area contributed by atoms with Gasteiger partial charge in [0.2, 0.25) is 5.95 Å². The van der Waals surface area contributed by atoms with Gasteiger partial charge < -0.3 is 5.32 Å². The molecule has 5 heteroatoms. The van der Waals surface area contributed by atoms with Gasteiger partial charge in [0.15, 0.2) is 0 Å². The van der Waals surface area contributed by atoms with Gasteiger partial charge in [-0.1, -0.05) is 26.7 Å². The molecule has 1 aliphatic carbocycles. The monoisotopic (exact) mass is 277 g/mol. The molecule has 112 valence electrons. The van der Waals surface area contributed by atoms with Gasteiger partial charge in [-0.3, -0.25) is 5.43 Å². The molecule has 1 heterocycles. The molecule has 0 saturated heterocycles. The van der Waals surface area contributed by atoms with Gasteiger partial charge in [-0.05, 0) is 37.5 Å². The first-order chi connectivity index (χ1) is 9.53. The van der Waals surface area contributed by atoms with Crippen molar-refractivity contribution >= 4 is 11.8 Å². The van der Waals surface area contributed by atoms with Crippen molar-refractivity contribution in [3.63, 3.8) is 0 Å². The Morgan fingerprint density at radius 1 is 1.30 bits per heavy atom. The summed E-state index contributed by atoms with van der Waals surface area (Å²) in [6, 6.07) is 1.97. The highest BCUT2D eigenvalue weighted by Crippen LogP contribution is 2.43. The zero-order valence-electron chi connectivity index (χ0n) is 12.9. The molecular formula is C15H27N5. The maximum atomic E-state index is 5.40. The van der Waals surface area contributed by atoms with Crippen molar-refractivity contribution in [2.24, 2.45) is 17.2 Å². The van der Waals surface area contributed by atoms with Crippen LogP contribution in [0.25, 0.3) is 0 Å². The number of rotatable bonds is 6. The maximum absolute atomic E-state index is 5.40. The number of nitrogens with two attached hydrogens (primary N) is 1. The van der Waals surface area contributed by atoms with E-state index >= 15 is 0 Å². The van der Waals surface area contributed by atoms with Crippen LogP contribution in [0.1, 0.15) is 51.6 Å². The molecule has 1 saturated carbocycles. The summed E-state index contributed by atoms with van der Waals surface area (Å²) in [6.45, 7) is 7.56. The van der Waals surface area contributed by atoms with Gasteiger partial charge in [0, 0.05) is 18.3 Å². The molecule has 0 radical (unpaired) electrons. The molecule has 1 fully saturated rings. The molecule has 0 bridgehead atoms. The Morgan fingerprint density at radius 3 is 2.60 bits per heavy atom. The minimum Gasteiger partial charge on any atom is -0.369 e. The van der Waals surface area contributed by atoms with Crippen LogP contribution in [0.15, 0.2) is 6.07 Å². The molecule has 20 heavy (non-hydrogen) atoms. The first-order valence-corrected chi connectivity index (χ1v) is 7.59. The minimum atomic E-state index is 0.434. The molecular weight excluding hydrogens is 250 g/mol. The summed E-state index contributed by atoms with van der Waals surface area (Å²) in [5, 5.41) is 3.50. The standard InChI is InChI=1S/C15H27N5/c1-11(2)9-15(6-4-5-7-15)10-17-13-8-12(3)18-14(19-13)20-16/h8,11H,4-7,9-10,16H2,1-3H3,(H2,17,18,19,20). The van der Waals surface area contributed by atoms with E-state index < -0.39 is 0 Å². The van der Waals surface area contributed by atoms with Crippen molar-refractivity contribution in [1.29, 1.82) is 0 Å². The molecule has 1 aromatic heterocycles. The Kier molecular flexibility index (Phi) is 4.81. The minimum absolute atomic E-state index is 0.434. The predicted molar refractivity (Wildman–Crippen MR) is 83.4 cm³/mol. The van der Waals surface area contributed by atoms with Gasteiger partial charge in [0.05, 0.1) is 0 Å². The summed E-state index contributed by atoms with van der Waals surface area (Å²) < 4.78 is 0. The number of nitrogens with one attached hydrogen (secondary N) is 2. The SMILES string of the molecule is Cc1cc(NCC2(CC(C)C)CCCC2)nc(NN)n1. The maximum Gasteiger partial charge on any atom is 0.239 e. The molecule has 1 aliphatic rings. The molecule has 1 aromatic rings. The van der Waals surface area contributed by atoms with E-state index in [-0.39, 0.29) is 0 Å². The number of nitrogen functional groups attached to an aromatic ring is 1. The summed E-state index contributed by atoms with van der Waals surface area (Å²) in [5.74, 6) is 7.47. The van der Waals surface area contributed by atoms with E-state index in [4.69, 9.17) is 5.84 Å². The Bertz CT molecular complexity index is 438. The van der Waals surface area contributed by atoms with Crippen molar-refractivity contribution in [3.8, 4) is 0 Å². The summed E-state index contributed by atoms with van der Waals surface area (Å²) in [7, 11) is 0. The van der Waals surface area contributed by atoms with Crippen LogP contribution in [0, 0.1) is 18.3 Å². The third-order valence-corrected chi connectivity index (χ3v) is 4.13. The Labute approximate surface area is 121 Å². The van der Waals surface area contributed by atoms with Gasteiger partial charge in [0.1, 0.15) is 5.82 Å². The van der Waals surface area contributed by atoms with Crippen molar-refractivity contribution in [3.05, 3.63) is 11.8 Å². The van der Waals surface area contributed by atoms with Crippen LogP contribution in [0.3, 0.4) is 0 Å². The van der Waals surface area contributed by atoms with Crippen molar-refractivity contribution in [2.75, 3.05) is 17.3 Å². The fourth-order valence-corrected chi connectivity index (χ4v) is 3.45. The number of aryl methyl sites for hydroxylation is 1. The topological polar surface area (TPSA) is 75.9 Å². The van der Waals surface area contributed by atoms with Crippen LogP contribution in [0.5, 0.6) is 0 Å². The second kappa shape index (κ2) is 6.39. The van der Waals surface area contributed by atoms with E-state index in [1.165, 1.54) is 32.1 Å². The van der Waals surface area contributed by atoms with Gasteiger partial charge in [-0.2, -0.15) is 4.98 Å². The lowest BCUT2D eigenvalue weighted by Gasteiger charge is -2.31. The van der Waals surface area contributed by atoms with E-state index in [2.05, 4.69) is 34.6 Å². The second-order valence-corrected chi connectivity index (χ2v) is 6.52. The van der Waals surface area contributed by atoms with E-state index in [0.29, 0.717) is 11.4 Å². The molecule has 0 aromatic carbocycles. The Hall–Kier alpha value is -1.36. The van der Waals surface area contributed by atoms with E-state index in [9.17, 15) is 0 Å². The smallest absolute Gasteiger partial charge is 0.239 e. The summed E-state index contributed by atoms with van der Waals surface area (Å²) >= 11 is 0. The summed E-state index contributed by atoms with van der Waals surface area (Å²) in [4.78, 5) is 8.58. The number of anilines is 2. The van der Waals surface area contributed by atoms with Crippen molar-refractivity contribution in [1.82, 2.24) is 9.97 Å². The highest BCUT2D eigenvalue weighted by molar-refractivity contribution is 5.41. The molecule has 0 aliphatic heterocycles. The van der Waals surface area contributed by atoms with Crippen LogP contribution >= 0.6 is 0 Å². The van der Waals surface area contributed by atoms with Gasteiger partial charge in [0.25, 0.3) is 0 Å². The van der Waals surface area contributed by atoms with Gasteiger partial charge >= 0.3 is 0 Å². The molecule has 0 unspecified atom stereocenters. The number of hydrogen-bond donors (Lipinski definition) is 3. The molecule has 0 spiro atoms. The largest absolute Gasteiger partial charge is 0.369 e. The van der Waals surface area contributed by atoms with Crippen LogP contribution in [0.2, 0.25) is 0 Å². The lowest BCUT2D eigenvalue weighted by molar-refractivity contribution is 0.252. The Morgan fingerprint density at radius 2 is 2.00 bits per heavy atom. The van der Waals surface area contributed by atoms with Crippen LogP contribution in [-0.4, -0.2) is 16.5 Å². The molecule has 2 rings (SSSR count). The van der Waals surface area contributed by atoms with Gasteiger partial charge in [-0.25, -0.2) is 10.8 Å². The molecule has 4 N–H and O–H groups in total. The lowest BCUT2D eigenvalue weighted by atomic mass is 9.78. The highest BCUT2D eigenvalue weighted by atomic mass is 15.3. The van der Waals surface area contributed by atoms with Crippen LogP contribution < -0.4 is 16.6 Å². The number of aromatic nitrogens is 2. The van der Waals surface area contributed by atoms with E-state index in [0.717, 1.165) is 24.0 Å². The first-order valence-electron chi connectivity index (χ1n) is 7.59. The zero-order chi connectivity index (χ0) is 14.6. The average molecular weight is 277 g/mol. The lowest BCUT2D eigenvalue weighted by Crippen LogP contribution is -2.29. The molecule has 0 amide bonds. The fraction of sp³-hybridized carbons (Fsp3) is 0.733.